The van der Waals surface area contributed by atoms with Gasteiger partial charge in [0, 0.05) is 38.4 Å². The van der Waals surface area contributed by atoms with Crippen molar-refractivity contribution in [3.63, 3.8) is 0 Å². The smallest absolute Gasteiger partial charge is 0.283 e. The van der Waals surface area contributed by atoms with Gasteiger partial charge in [0.05, 0.1) is 11.5 Å². The van der Waals surface area contributed by atoms with E-state index >= 15 is 0 Å². The average Bonchev–Trinajstić information content (AvgIpc) is 3.07. The number of amidine groups is 1. The van der Waals surface area contributed by atoms with E-state index in [1.165, 1.54) is 12.1 Å². The Labute approximate surface area is 165 Å². The first-order valence-corrected chi connectivity index (χ1v) is 10.4. The number of sulfonamides is 1. The summed E-state index contributed by atoms with van der Waals surface area (Å²) in [5, 5.41) is 2.76. The van der Waals surface area contributed by atoms with Gasteiger partial charge in [-0.2, -0.15) is 8.42 Å². The maximum atomic E-state index is 12.5. The molecule has 0 bridgehead atoms. The zero-order valence-corrected chi connectivity index (χ0v) is 16.7. The number of nitrogens with zero attached hydrogens (tertiary/aromatic N) is 2. The Hall–Kier alpha value is -2.71. The van der Waals surface area contributed by atoms with E-state index in [4.69, 9.17) is 4.74 Å². The van der Waals surface area contributed by atoms with Gasteiger partial charge in [0.15, 0.2) is 0 Å². The molecule has 3 rings (SSSR count). The van der Waals surface area contributed by atoms with Crippen LogP contribution < -0.4 is 5.32 Å². The minimum atomic E-state index is -3.76. The van der Waals surface area contributed by atoms with Gasteiger partial charge in [0.25, 0.3) is 15.9 Å². The molecule has 1 N–H and O–H groups in total. The first kappa shape index (κ1) is 20.0. The molecule has 28 heavy (non-hydrogen) atoms. The third kappa shape index (κ3) is 4.76. The largest absolute Gasteiger partial charge is 0.380 e. The molecule has 0 spiro atoms. The highest BCUT2D eigenvalue weighted by molar-refractivity contribution is 7.90. The van der Waals surface area contributed by atoms with E-state index in [1.807, 2.05) is 24.1 Å². The van der Waals surface area contributed by atoms with Crippen molar-refractivity contribution in [2.75, 3.05) is 26.0 Å². The number of rotatable bonds is 6. The summed E-state index contributed by atoms with van der Waals surface area (Å²) in [7, 11) is -0.314. The normalized spacial score (nSPS) is 15.8. The molecule has 0 atom stereocenters. The second-order valence-corrected chi connectivity index (χ2v) is 8.22. The van der Waals surface area contributed by atoms with Gasteiger partial charge in [-0.3, -0.25) is 4.79 Å². The van der Waals surface area contributed by atoms with E-state index in [0.29, 0.717) is 30.1 Å². The summed E-state index contributed by atoms with van der Waals surface area (Å²) in [5.74, 6) is 0.307. The Bertz CT molecular complexity index is 968. The van der Waals surface area contributed by atoms with Crippen LogP contribution in [0.4, 0.5) is 5.69 Å². The van der Waals surface area contributed by atoms with Gasteiger partial charge in [0.1, 0.15) is 5.84 Å². The number of anilines is 1. The highest BCUT2D eigenvalue weighted by Crippen LogP contribution is 2.19. The summed E-state index contributed by atoms with van der Waals surface area (Å²) in [6.45, 7) is 1.30. The van der Waals surface area contributed by atoms with Crippen LogP contribution in [-0.2, 0) is 21.4 Å². The molecule has 0 aliphatic carbocycles. The topological polar surface area (TPSA) is 88.1 Å². The van der Waals surface area contributed by atoms with Crippen molar-refractivity contribution in [1.82, 2.24) is 4.90 Å². The summed E-state index contributed by atoms with van der Waals surface area (Å²) in [6, 6.07) is 13.1. The van der Waals surface area contributed by atoms with Crippen LogP contribution in [0, 0.1) is 0 Å². The number of carbonyl (C=O) groups is 1. The monoisotopic (exact) mass is 401 g/mol. The van der Waals surface area contributed by atoms with Gasteiger partial charge in [-0.05, 0) is 48.4 Å². The highest BCUT2D eigenvalue weighted by Gasteiger charge is 2.20. The first-order chi connectivity index (χ1) is 13.4. The maximum absolute atomic E-state index is 12.5. The van der Waals surface area contributed by atoms with Crippen LogP contribution in [0.2, 0.25) is 0 Å². The number of amides is 1. The molecule has 1 saturated heterocycles. The first-order valence-electron chi connectivity index (χ1n) is 8.93. The Morgan fingerprint density at radius 2 is 1.82 bits per heavy atom. The number of methoxy groups -OCH3 is 1. The van der Waals surface area contributed by atoms with Crippen LogP contribution in [0.15, 0.2) is 57.8 Å². The lowest BCUT2D eigenvalue weighted by Crippen LogP contribution is -2.20. The SMILES string of the molecule is COCc1ccc(C(=O)Nc2ccc(S(=O)(=O)N=C3CCCN3C)cc2)cc1. The standard InChI is InChI=1S/C20H23N3O4S/c1-23-13-3-4-19(23)22-28(25,26)18-11-9-17(10-12-18)21-20(24)16-7-5-15(6-8-16)14-27-2/h5-12H,3-4,13-14H2,1-2H3,(H,21,24). The molecule has 148 valence electrons. The predicted molar refractivity (Wildman–Crippen MR) is 108 cm³/mol. The van der Waals surface area contributed by atoms with Crippen LogP contribution in [-0.4, -0.2) is 45.8 Å². The Balaban J connectivity index is 1.69. The van der Waals surface area contributed by atoms with Crippen molar-refractivity contribution in [3.8, 4) is 0 Å². The number of nitrogens with one attached hydrogen (secondary N) is 1. The van der Waals surface area contributed by atoms with Crippen molar-refractivity contribution in [1.29, 1.82) is 0 Å². The molecule has 1 aliphatic heterocycles. The maximum Gasteiger partial charge on any atom is 0.283 e. The lowest BCUT2D eigenvalue weighted by Gasteiger charge is -2.11. The predicted octanol–water partition coefficient (Wildman–Crippen LogP) is 2.90. The lowest BCUT2D eigenvalue weighted by molar-refractivity contribution is 0.102. The number of carbonyl (C=O) groups excluding carboxylic acids is 1. The third-order valence-corrected chi connectivity index (χ3v) is 5.82. The van der Waals surface area contributed by atoms with E-state index < -0.39 is 10.0 Å². The number of ether oxygens (including phenoxy) is 1. The van der Waals surface area contributed by atoms with Crippen LogP contribution in [0.3, 0.4) is 0 Å². The van der Waals surface area contributed by atoms with E-state index in [-0.39, 0.29) is 10.8 Å². The van der Waals surface area contributed by atoms with Gasteiger partial charge in [-0.25, -0.2) is 0 Å². The fourth-order valence-electron chi connectivity index (χ4n) is 2.93. The number of benzene rings is 2. The Morgan fingerprint density at radius 3 is 2.39 bits per heavy atom. The molecule has 0 radical (unpaired) electrons. The fraction of sp³-hybridized carbons (Fsp3) is 0.300. The molecule has 1 aliphatic rings. The molecule has 2 aromatic carbocycles. The molecule has 7 nitrogen and oxygen atoms in total. The quantitative estimate of drug-likeness (QED) is 0.804. The van der Waals surface area contributed by atoms with Gasteiger partial charge in [-0.15, -0.1) is 4.40 Å². The summed E-state index contributed by atoms with van der Waals surface area (Å²) < 4.78 is 33.9. The minimum absolute atomic E-state index is 0.0993. The van der Waals surface area contributed by atoms with Gasteiger partial charge >= 0.3 is 0 Å². The fourth-order valence-corrected chi connectivity index (χ4v) is 4.03. The minimum Gasteiger partial charge on any atom is -0.380 e. The summed E-state index contributed by atoms with van der Waals surface area (Å²) in [6.07, 6.45) is 1.56. The third-order valence-electron chi connectivity index (χ3n) is 4.50. The van der Waals surface area contributed by atoms with Crippen molar-refractivity contribution >= 4 is 27.5 Å². The molecule has 2 aromatic rings. The van der Waals surface area contributed by atoms with E-state index in [2.05, 4.69) is 9.71 Å². The molecule has 1 heterocycles. The summed E-state index contributed by atoms with van der Waals surface area (Å²) >= 11 is 0. The molecule has 1 fully saturated rings. The molecule has 8 heteroatoms. The van der Waals surface area contributed by atoms with Crippen molar-refractivity contribution in [2.45, 2.75) is 24.3 Å². The molecule has 0 saturated carbocycles. The molecule has 0 unspecified atom stereocenters. The van der Waals surface area contributed by atoms with Crippen molar-refractivity contribution < 1.29 is 17.9 Å². The van der Waals surface area contributed by atoms with Gasteiger partial charge in [-0.1, -0.05) is 12.1 Å². The Kier molecular flexibility index (Phi) is 6.11. The zero-order valence-electron chi connectivity index (χ0n) is 15.9. The molecular formula is C20H23N3O4S. The molecular weight excluding hydrogens is 378 g/mol. The summed E-state index contributed by atoms with van der Waals surface area (Å²) in [4.78, 5) is 14.3. The lowest BCUT2D eigenvalue weighted by atomic mass is 10.1. The van der Waals surface area contributed by atoms with Crippen LogP contribution in [0.25, 0.3) is 0 Å². The van der Waals surface area contributed by atoms with E-state index in [0.717, 1.165) is 18.5 Å². The Morgan fingerprint density at radius 1 is 1.14 bits per heavy atom. The van der Waals surface area contributed by atoms with Crippen molar-refractivity contribution in [3.05, 3.63) is 59.7 Å². The number of hydrogen-bond donors (Lipinski definition) is 1. The zero-order chi connectivity index (χ0) is 20.1. The number of hydrogen-bond acceptors (Lipinski definition) is 4. The van der Waals surface area contributed by atoms with Gasteiger partial charge < -0.3 is 15.0 Å². The van der Waals surface area contributed by atoms with Crippen LogP contribution in [0.5, 0.6) is 0 Å². The second kappa shape index (κ2) is 8.53. The van der Waals surface area contributed by atoms with Crippen molar-refractivity contribution in [2.24, 2.45) is 4.40 Å². The molecule has 0 aromatic heterocycles. The highest BCUT2D eigenvalue weighted by atomic mass is 32.2. The average molecular weight is 401 g/mol. The van der Waals surface area contributed by atoms with E-state index in [1.54, 1.807) is 31.4 Å². The van der Waals surface area contributed by atoms with E-state index in [9.17, 15) is 13.2 Å². The van der Waals surface area contributed by atoms with Gasteiger partial charge in [0.2, 0.25) is 0 Å². The second-order valence-electron chi connectivity index (χ2n) is 6.62. The number of likely N-dealkylation sites (tertiary alicyclic amines) is 1. The summed E-state index contributed by atoms with van der Waals surface area (Å²) in [5.41, 5.74) is 1.99. The molecule has 1 amide bonds. The van der Waals surface area contributed by atoms with Crippen LogP contribution in [0.1, 0.15) is 28.8 Å². The van der Waals surface area contributed by atoms with Crippen LogP contribution >= 0.6 is 0 Å².